The molecule has 28 nitrogen and oxygen atoms in total. The molecule has 7 rings (SSSR count). The maximum absolute atomic E-state index is 13.4. The van der Waals surface area contributed by atoms with Crippen LogP contribution in [0, 0.1) is 17.9 Å². The molecule has 0 aliphatic rings. The first-order valence-electron chi connectivity index (χ1n) is 29.5. The molecule has 0 amide bonds. The topological polar surface area (TPSA) is 354 Å². The summed E-state index contributed by atoms with van der Waals surface area (Å²) in [4.78, 5) is 71.3. The summed E-state index contributed by atoms with van der Waals surface area (Å²) < 4.78 is 33.1. The third-order valence-electron chi connectivity index (χ3n) is 13.3. The molecule has 0 atom stereocenters. The van der Waals surface area contributed by atoms with Crippen molar-refractivity contribution in [3.8, 4) is 35.4 Å². The zero-order valence-corrected chi connectivity index (χ0v) is 52.2. The molecule has 468 valence electrons. The van der Waals surface area contributed by atoms with Crippen LogP contribution in [0.3, 0.4) is 0 Å². The van der Waals surface area contributed by atoms with Crippen molar-refractivity contribution in [1.29, 1.82) is 5.26 Å². The molecule has 0 radical (unpaired) electrons. The van der Waals surface area contributed by atoms with Crippen molar-refractivity contribution in [3.05, 3.63) is 99.4 Å². The van der Waals surface area contributed by atoms with Crippen LogP contribution in [0.2, 0.25) is 0 Å². The Morgan fingerprint density at radius 1 is 0.539 bits per heavy atom. The predicted octanol–water partition coefficient (Wildman–Crippen LogP) is 12.6. The van der Waals surface area contributed by atoms with Gasteiger partial charge in [0.1, 0.15) is 11.6 Å². The van der Waals surface area contributed by atoms with E-state index in [1.54, 1.807) is 0 Å². The van der Waals surface area contributed by atoms with Crippen molar-refractivity contribution in [1.82, 2.24) is 54.1 Å². The Labute approximate surface area is 515 Å². The van der Waals surface area contributed by atoms with E-state index in [4.69, 9.17) is 56.9 Å². The molecule has 5 aromatic heterocycles. The van der Waals surface area contributed by atoms with Gasteiger partial charge >= 0.3 is 29.9 Å². The average molecular weight is 1220 g/mol. The number of esters is 4. The van der Waals surface area contributed by atoms with E-state index in [-0.39, 0.29) is 130 Å². The normalized spacial score (nSPS) is 11.7. The lowest BCUT2D eigenvalue weighted by Gasteiger charge is -2.15. The molecule has 4 N–H and O–H groups in total. The monoisotopic (exact) mass is 1220 g/mol. The van der Waals surface area contributed by atoms with Crippen LogP contribution in [0.25, 0.3) is 28.1 Å². The number of hydrogen-bond acceptors (Lipinski definition) is 23. The molecule has 2 aromatic carbocycles. The molecule has 0 saturated carbocycles. The van der Waals surface area contributed by atoms with Crippen LogP contribution in [0.1, 0.15) is 199 Å². The van der Waals surface area contributed by atoms with Gasteiger partial charge < -0.3 is 35.2 Å². The summed E-state index contributed by atoms with van der Waals surface area (Å²) in [6.07, 6.45) is 9.64. The minimum atomic E-state index is -0.774. The van der Waals surface area contributed by atoms with E-state index in [1.807, 2.05) is 76.2 Å². The quantitative estimate of drug-likeness (QED) is 0.0151. The molecule has 0 unspecified atom stereocenters. The number of benzene rings is 2. The Bertz CT molecular complexity index is 3530. The third-order valence-corrected chi connectivity index (χ3v) is 13.3. The number of aromatic nitrogens is 11. The van der Waals surface area contributed by atoms with E-state index in [9.17, 15) is 24.4 Å². The first kappa shape index (κ1) is 66.3. The highest BCUT2D eigenvalue weighted by Crippen LogP contribution is 2.41. The maximum Gasteiger partial charge on any atom is 0.338 e. The van der Waals surface area contributed by atoms with Crippen LogP contribution < -0.4 is 16.2 Å². The number of carbonyl (C=O) groups excluding carboxylic acids is 4. The number of anilines is 2. The zero-order valence-electron chi connectivity index (χ0n) is 52.2. The largest absolute Gasteiger partial charge is 0.463 e. The van der Waals surface area contributed by atoms with Gasteiger partial charge in [-0.05, 0) is 68.5 Å². The van der Waals surface area contributed by atoms with Gasteiger partial charge in [-0.1, -0.05) is 108 Å². The number of azo groups is 2. The highest BCUT2D eigenvalue weighted by molar-refractivity contribution is 5.97. The molecule has 89 heavy (non-hydrogen) atoms. The lowest BCUT2D eigenvalue weighted by molar-refractivity contribution is 0.0479. The summed E-state index contributed by atoms with van der Waals surface area (Å²) in [5.41, 5.74) is 13.7. The number of unbranched alkanes of at least 4 members (excludes halogenated alkanes) is 5. The van der Waals surface area contributed by atoms with E-state index in [1.165, 1.54) is 67.5 Å². The zero-order chi connectivity index (χ0) is 64.6. The molecular formula is C61H75N19O9. The second kappa shape index (κ2) is 29.9. The molecule has 0 saturated heterocycles. The highest BCUT2D eigenvalue weighted by atomic mass is 16.5. The molecule has 28 heteroatoms. The van der Waals surface area contributed by atoms with Gasteiger partial charge in [-0.15, -0.1) is 20.5 Å². The minimum absolute atomic E-state index is 0.0133. The SMILES string of the molecule is [C-]#[N+]c1cnn(-c2cc(C(=O)OCCCC)cc(C(=O)OCCCC)c2)c1N=Nc1c(C(C)(C)C)nn(-c2nc(OCCCC)nc(-n3nc(C(C)(C)C)c(N=Nc4c(C#N)cnn4-c4cc(C(=O)OCCCC)cc(C(=O)OCCCC)c4)c3N)n2)c1N. The van der Waals surface area contributed by atoms with Crippen molar-refractivity contribution in [2.24, 2.45) is 20.5 Å². The standard InChI is InChI=1S/C61H75N19O9/c1-13-18-23-85-53(81)37-28-38(54(82)86-24-19-14-2)31-42(30-37)77-51(41(34-62)35-66-77)73-71-45-47(60(6,7)8)75-79(49(45)63)57-68-58(70-59(69-57)89-27-22-17-5)80-50(64)46(48(76-80)61(9,10)11)72-74-52-44(65-12)36-67-78(52)43-32-39(55(83)87-25-20-15-3)29-40(33-43)56(84)88-26-21-16-4/h28-33,35-36H,13-27,63-64H2,1-11H3. The molecule has 0 aliphatic heterocycles. The van der Waals surface area contributed by atoms with Crippen LogP contribution >= 0.6 is 0 Å². The number of rotatable bonds is 28. The summed E-state index contributed by atoms with van der Waals surface area (Å²) in [5, 5.41) is 47.3. The molecular weight excluding hydrogens is 1140 g/mol. The highest BCUT2D eigenvalue weighted by Gasteiger charge is 2.32. The van der Waals surface area contributed by atoms with Crippen molar-refractivity contribution < 1.29 is 42.9 Å². The number of nitriles is 1. The molecule has 0 aliphatic carbocycles. The van der Waals surface area contributed by atoms with E-state index in [0.717, 1.165) is 32.1 Å². The summed E-state index contributed by atoms with van der Waals surface area (Å²) in [5.74, 6) is -3.35. The van der Waals surface area contributed by atoms with Crippen LogP contribution in [0.4, 0.5) is 40.3 Å². The van der Waals surface area contributed by atoms with Gasteiger partial charge in [-0.2, -0.15) is 50.0 Å². The number of carbonyl (C=O) groups is 4. The van der Waals surface area contributed by atoms with E-state index in [2.05, 4.69) is 51.5 Å². The number of nitrogen functional groups attached to an aromatic ring is 2. The van der Waals surface area contributed by atoms with E-state index >= 15 is 0 Å². The predicted molar refractivity (Wildman–Crippen MR) is 328 cm³/mol. The Morgan fingerprint density at radius 2 is 0.910 bits per heavy atom. The molecule has 5 heterocycles. The fourth-order valence-corrected chi connectivity index (χ4v) is 8.36. The molecule has 0 bridgehead atoms. The van der Waals surface area contributed by atoms with Crippen molar-refractivity contribution >= 4 is 64.2 Å². The van der Waals surface area contributed by atoms with Gasteiger partial charge in [0.15, 0.2) is 34.6 Å². The van der Waals surface area contributed by atoms with Crippen LogP contribution in [-0.2, 0) is 29.8 Å². The van der Waals surface area contributed by atoms with Gasteiger partial charge in [0.05, 0.1) is 97.0 Å². The molecule has 7 aromatic rings. The van der Waals surface area contributed by atoms with Gasteiger partial charge in [-0.25, -0.2) is 33.4 Å². The van der Waals surface area contributed by atoms with Gasteiger partial charge in [0, 0.05) is 10.8 Å². The van der Waals surface area contributed by atoms with E-state index < -0.39 is 34.7 Å². The second-order valence-corrected chi connectivity index (χ2v) is 22.6. The Morgan fingerprint density at radius 3 is 1.28 bits per heavy atom. The third kappa shape index (κ3) is 16.0. The summed E-state index contributed by atoms with van der Waals surface area (Å²) in [7, 11) is 0. The van der Waals surface area contributed by atoms with E-state index in [0.29, 0.717) is 43.5 Å². The van der Waals surface area contributed by atoms with Crippen LogP contribution in [-0.4, -0.2) is 111 Å². The average Bonchev–Trinajstić information content (AvgIpc) is 2.02. The van der Waals surface area contributed by atoms with Crippen molar-refractivity contribution in [2.75, 3.05) is 44.5 Å². The van der Waals surface area contributed by atoms with Crippen LogP contribution in [0.15, 0.2) is 69.2 Å². The van der Waals surface area contributed by atoms with Crippen LogP contribution in [0.5, 0.6) is 6.01 Å². The smallest absolute Gasteiger partial charge is 0.338 e. The first-order valence-corrected chi connectivity index (χ1v) is 29.5. The Kier molecular flexibility index (Phi) is 22.3. The first-order chi connectivity index (χ1) is 42.6. The van der Waals surface area contributed by atoms with Crippen molar-refractivity contribution in [3.63, 3.8) is 0 Å². The Balaban J connectivity index is 1.34. The van der Waals surface area contributed by atoms with Gasteiger partial charge in [0.25, 0.3) is 17.6 Å². The van der Waals surface area contributed by atoms with Gasteiger partial charge in [-0.3, -0.25) is 0 Å². The fraction of sp³-hybridized carbons (Fsp3) is 0.459. The summed E-state index contributed by atoms with van der Waals surface area (Å²) >= 11 is 0. The lowest BCUT2D eigenvalue weighted by atomic mass is 9.91. The second-order valence-electron chi connectivity index (χ2n) is 22.6. The summed E-state index contributed by atoms with van der Waals surface area (Å²) in [6.45, 7) is 30.0. The number of nitrogens with zero attached hydrogens (tertiary/aromatic N) is 17. The van der Waals surface area contributed by atoms with Gasteiger partial charge in [0.2, 0.25) is 0 Å². The minimum Gasteiger partial charge on any atom is -0.463 e. The number of nitrogens with two attached hydrogens (primary N) is 2. The lowest BCUT2D eigenvalue weighted by Crippen LogP contribution is -2.17. The fourth-order valence-electron chi connectivity index (χ4n) is 8.36. The van der Waals surface area contributed by atoms with Crippen molar-refractivity contribution in [2.45, 2.75) is 151 Å². The molecule has 0 fully saturated rings. The number of hydrogen-bond donors (Lipinski definition) is 2. The number of ether oxygens (including phenoxy) is 5. The Hall–Kier alpha value is -10.2. The molecule has 0 spiro atoms. The summed E-state index contributed by atoms with van der Waals surface area (Å²) in [6, 6.07) is 10.6. The maximum atomic E-state index is 13.4.